The van der Waals surface area contributed by atoms with E-state index in [1.807, 2.05) is 6.92 Å². The number of nitrogens with one attached hydrogen (secondary N) is 1. The number of halogens is 2. The first-order valence-corrected chi connectivity index (χ1v) is 7.63. The summed E-state index contributed by atoms with van der Waals surface area (Å²) in [4.78, 5) is 0. The second-order valence-corrected chi connectivity index (χ2v) is 5.24. The second kappa shape index (κ2) is 7.27. The van der Waals surface area contributed by atoms with Crippen LogP contribution in [0.15, 0.2) is 36.4 Å². The lowest BCUT2D eigenvalue weighted by atomic mass is 10.2. The van der Waals surface area contributed by atoms with E-state index in [4.69, 9.17) is 21.1 Å². The average Bonchev–Trinajstić information content (AvgIpc) is 3.10. The standard InChI is InChI=1S/C16H14ClFN4O2/c1-2-23-14-8-11(16-19-21-22-20-16)7-12(17)15(14)24-9-10-5-3-4-6-13(10)18/h3-8H,2,9H2,1H3,(H,19,20,21,22). The molecule has 0 saturated heterocycles. The third kappa shape index (κ3) is 3.46. The van der Waals surface area contributed by atoms with Gasteiger partial charge in [0.1, 0.15) is 12.4 Å². The Bertz CT molecular complexity index is 827. The van der Waals surface area contributed by atoms with Crippen molar-refractivity contribution in [1.82, 2.24) is 20.6 Å². The van der Waals surface area contributed by atoms with Crippen LogP contribution in [0.1, 0.15) is 12.5 Å². The third-order valence-corrected chi connectivity index (χ3v) is 3.52. The van der Waals surface area contributed by atoms with Gasteiger partial charge in [-0.2, -0.15) is 5.21 Å². The highest BCUT2D eigenvalue weighted by molar-refractivity contribution is 6.32. The number of benzene rings is 2. The lowest BCUT2D eigenvalue weighted by molar-refractivity contribution is 0.266. The van der Waals surface area contributed by atoms with Crippen molar-refractivity contribution in [2.45, 2.75) is 13.5 Å². The highest BCUT2D eigenvalue weighted by atomic mass is 35.5. The molecule has 1 aromatic heterocycles. The minimum Gasteiger partial charge on any atom is -0.490 e. The van der Waals surface area contributed by atoms with Gasteiger partial charge in [-0.1, -0.05) is 29.8 Å². The highest BCUT2D eigenvalue weighted by Crippen LogP contribution is 2.39. The van der Waals surface area contributed by atoms with Gasteiger partial charge in [-0.05, 0) is 30.3 Å². The van der Waals surface area contributed by atoms with Crippen LogP contribution in [-0.2, 0) is 6.61 Å². The van der Waals surface area contributed by atoms with E-state index in [0.29, 0.717) is 40.1 Å². The van der Waals surface area contributed by atoms with Crippen molar-refractivity contribution in [2.24, 2.45) is 0 Å². The van der Waals surface area contributed by atoms with E-state index < -0.39 is 0 Å². The number of H-pyrrole nitrogens is 1. The first kappa shape index (κ1) is 16.2. The molecule has 0 aliphatic carbocycles. The summed E-state index contributed by atoms with van der Waals surface area (Å²) < 4.78 is 25.0. The van der Waals surface area contributed by atoms with E-state index in [0.717, 1.165) is 0 Å². The summed E-state index contributed by atoms with van der Waals surface area (Å²) in [5.41, 5.74) is 1.06. The fourth-order valence-electron chi connectivity index (χ4n) is 2.15. The van der Waals surface area contributed by atoms with Gasteiger partial charge in [0.2, 0.25) is 5.82 Å². The zero-order valence-corrected chi connectivity index (χ0v) is 13.5. The van der Waals surface area contributed by atoms with Gasteiger partial charge in [-0.25, -0.2) is 4.39 Å². The summed E-state index contributed by atoms with van der Waals surface area (Å²) in [6.07, 6.45) is 0. The Hall–Kier alpha value is -2.67. The maximum absolute atomic E-state index is 13.7. The fraction of sp³-hybridized carbons (Fsp3) is 0.188. The Morgan fingerprint density at radius 3 is 2.75 bits per heavy atom. The quantitative estimate of drug-likeness (QED) is 0.736. The Morgan fingerprint density at radius 1 is 1.21 bits per heavy atom. The van der Waals surface area contributed by atoms with E-state index in [1.54, 1.807) is 30.3 Å². The number of aromatic nitrogens is 4. The van der Waals surface area contributed by atoms with Crippen LogP contribution in [0.4, 0.5) is 4.39 Å². The molecule has 0 spiro atoms. The minimum absolute atomic E-state index is 0.0357. The van der Waals surface area contributed by atoms with E-state index in [2.05, 4.69) is 20.6 Å². The van der Waals surface area contributed by atoms with E-state index in [1.165, 1.54) is 6.07 Å². The summed E-state index contributed by atoms with van der Waals surface area (Å²) in [7, 11) is 0. The third-order valence-electron chi connectivity index (χ3n) is 3.24. The molecule has 0 unspecified atom stereocenters. The molecule has 0 saturated carbocycles. The smallest absolute Gasteiger partial charge is 0.204 e. The molecule has 8 heteroatoms. The van der Waals surface area contributed by atoms with Gasteiger partial charge in [0.15, 0.2) is 11.5 Å². The first-order valence-electron chi connectivity index (χ1n) is 7.25. The fourth-order valence-corrected chi connectivity index (χ4v) is 2.41. The molecule has 1 heterocycles. The van der Waals surface area contributed by atoms with Gasteiger partial charge in [0.25, 0.3) is 0 Å². The number of aromatic amines is 1. The van der Waals surface area contributed by atoms with E-state index in [9.17, 15) is 4.39 Å². The van der Waals surface area contributed by atoms with Gasteiger partial charge in [0, 0.05) is 11.1 Å². The van der Waals surface area contributed by atoms with Gasteiger partial charge in [0.05, 0.1) is 11.6 Å². The van der Waals surface area contributed by atoms with Gasteiger partial charge in [-0.3, -0.25) is 0 Å². The normalized spacial score (nSPS) is 10.6. The maximum Gasteiger partial charge on any atom is 0.204 e. The number of hydrogen-bond acceptors (Lipinski definition) is 5. The molecule has 0 atom stereocenters. The Kier molecular flexibility index (Phi) is 4.90. The molecule has 124 valence electrons. The van der Waals surface area contributed by atoms with Crippen molar-refractivity contribution in [3.63, 3.8) is 0 Å². The molecular weight excluding hydrogens is 335 g/mol. The topological polar surface area (TPSA) is 72.9 Å². The minimum atomic E-state index is -0.338. The number of hydrogen-bond donors (Lipinski definition) is 1. The monoisotopic (exact) mass is 348 g/mol. The van der Waals surface area contributed by atoms with Crippen LogP contribution in [0.25, 0.3) is 11.4 Å². The average molecular weight is 349 g/mol. The van der Waals surface area contributed by atoms with Crippen LogP contribution >= 0.6 is 11.6 Å². The van der Waals surface area contributed by atoms with Crippen molar-refractivity contribution >= 4 is 11.6 Å². The van der Waals surface area contributed by atoms with Crippen LogP contribution in [0.2, 0.25) is 5.02 Å². The molecule has 0 bridgehead atoms. The molecular formula is C16H14ClFN4O2. The summed E-state index contributed by atoms with van der Waals surface area (Å²) in [6.45, 7) is 2.30. The SMILES string of the molecule is CCOc1cc(-c2nn[nH]n2)cc(Cl)c1OCc1ccccc1F. The number of tetrazole rings is 1. The molecule has 0 fully saturated rings. The second-order valence-electron chi connectivity index (χ2n) is 4.83. The van der Waals surface area contributed by atoms with Crippen LogP contribution < -0.4 is 9.47 Å². The highest BCUT2D eigenvalue weighted by Gasteiger charge is 2.16. The molecule has 0 aliphatic heterocycles. The molecule has 24 heavy (non-hydrogen) atoms. The van der Waals surface area contributed by atoms with Crippen molar-refractivity contribution in [1.29, 1.82) is 0 Å². The molecule has 0 amide bonds. The molecule has 2 aromatic carbocycles. The van der Waals surface area contributed by atoms with Gasteiger partial charge < -0.3 is 9.47 Å². The van der Waals surface area contributed by atoms with Crippen molar-refractivity contribution in [2.75, 3.05) is 6.61 Å². The van der Waals surface area contributed by atoms with E-state index >= 15 is 0 Å². The summed E-state index contributed by atoms with van der Waals surface area (Å²) in [5.74, 6) is 0.823. The first-order chi connectivity index (χ1) is 11.7. The van der Waals surface area contributed by atoms with Gasteiger partial charge >= 0.3 is 0 Å². The summed E-state index contributed by atoms with van der Waals surface area (Å²) >= 11 is 6.31. The molecule has 0 aliphatic rings. The van der Waals surface area contributed by atoms with Crippen molar-refractivity contribution in [3.05, 3.63) is 52.8 Å². The lowest BCUT2D eigenvalue weighted by Crippen LogP contribution is -2.02. The number of ether oxygens (including phenoxy) is 2. The molecule has 1 N–H and O–H groups in total. The summed E-state index contributed by atoms with van der Waals surface area (Å²) in [6, 6.07) is 9.74. The molecule has 3 rings (SSSR count). The van der Waals surface area contributed by atoms with Crippen molar-refractivity contribution < 1.29 is 13.9 Å². The maximum atomic E-state index is 13.7. The Morgan fingerprint density at radius 2 is 2.04 bits per heavy atom. The Balaban J connectivity index is 1.90. The van der Waals surface area contributed by atoms with Crippen LogP contribution in [0, 0.1) is 5.82 Å². The predicted octanol–water partition coefficient (Wildman–Crippen LogP) is 3.64. The lowest BCUT2D eigenvalue weighted by Gasteiger charge is -2.15. The zero-order chi connectivity index (χ0) is 16.9. The predicted molar refractivity (Wildman–Crippen MR) is 86.5 cm³/mol. The van der Waals surface area contributed by atoms with Crippen LogP contribution in [-0.4, -0.2) is 27.2 Å². The largest absolute Gasteiger partial charge is 0.490 e. The molecule has 6 nitrogen and oxygen atoms in total. The van der Waals surface area contributed by atoms with Crippen LogP contribution in [0.3, 0.4) is 0 Å². The van der Waals surface area contributed by atoms with E-state index in [-0.39, 0.29) is 12.4 Å². The Labute approximate surface area is 142 Å². The number of nitrogens with zero attached hydrogens (tertiary/aromatic N) is 3. The molecule has 3 aromatic rings. The van der Waals surface area contributed by atoms with Crippen LogP contribution in [0.5, 0.6) is 11.5 Å². The zero-order valence-electron chi connectivity index (χ0n) is 12.8. The van der Waals surface area contributed by atoms with Crippen molar-refractivity contribution in [3.8, 4) is 22.9 Å². The summed E-state index contributed by atoms with van der Waals surface area (Å²) in [5, 5.41) is 14.0. The number of rotatable bonds is 6. The molecule has 0 radical (unpaired) electrons. The van der Waals surface area contributed by atoms with Gasteiger partial charge in [-0.15, -0.1) is 10.2 Å².